The van der Waals surface area contributed by atoms with Gasteiger partial charge in [0.25, 0.3) is 5.91 Å². The molecule has 0 radical (unpaired) electrons. The minimum absolute atomic E-state index is 0.0719. The van der Waals surface area contributed by atoms with Crippen LogP contribution in [0, 0.1) is 11.8 Å². The van der Waals surface area contributed by atoms with E-state index < -0.39 is 30.4 Å². The molecule has 0 bridgehead atoms. The van der Waals surface area contributed by atoms with E-state index in [2.05, 4.69) is 32.1 Å². The molecule has 1 unspecified atom stereocenters. The number of nitrogens with zero attached hydrogens (tertiary/aromatic N) is 4. The van der Waals surface area contributed by atoms with Crippen LogP contribution in [-0.4, -0.2) is 66.8 Å². The van der Waals surface area contributed by atoms with Gasteiger partial charge in [0, 0.05) is 17.7 Å². The number of aliphatic hydroxyl groups is 2. The van der Waals surface area contributed by atoms with Crippen LogP contribution in [0.2, 0.25) is 0 Å². The van der Waals surface area contributed by atoms with Gasteiger partial charge in [0.2, 0.25) is 5.82 Å². The molecule has 2 aromatic heterocycles. The number of nitrogen functional groups attached to an aromatic ring is 1. The maximum atomic E-state index is 12.1. The van der Waals surface area contributed by atoms with Crippen LogP contribution in [0.4, 0.5) is 5.82 Å². The predicted molar refractivity (Wildman–Crippen MR) is 112 cm³/mol. The molecule has 1 fully saturated rings. The first-order valence-corrected chi connectivity index (χ1v) is 9.79. The Balaban J connectivity index is 1.67. The van der Waals surface area contributed by atoms with Crippen molar-refractivity contribution in [1.82, 2.24) is 24.8 Å². The number of aldehydes is 1. The number of aromatic nitrogens is 4. The van der Waals surface area contributed by atoms with Gasteiger partial charge in [-0.25, -0.2) is 15.0 Å². The highest BCUT2D eigenvalue weighted by molar-refractivity contribution is 5.83. The van der Waals surface area contributed by atoms with Gasteiger partial charge in [0.1, 0.15) is 24.0 Å². The largest absolute Gasteiger partial charge is 0.387 e. The summed E-state index contributed by atoms with van der Waals surface area (Å²) in [5, 5.41) is 23.3. The second-order valence-electron chi connectivity index (χ2n) is 7.07. The molecule has 1 aliphatic heterocycles. The molecule has 4 rings (SSSR count). The van der Waals surface area contributed by atoms with E-state index in [-0.39, 0.29) is 22.8 Å². The molecule has 32 heavy (non-hydrogen) atoms. The number of hydrogen-bond donors (Lipinski definition) is 4. The molecule has 1 aliphatic rings. The highest BCUT2D eigenvalue weighted by atomic mass is 16.6. The average Bonchev–Trinajstić information content (AvgIpc) is 3.34. The SMILES string of the molecule is CCNC(=O)[C@H]1OC(n2cnc3c(N)nc(C#Cc4ccc(C=O)cc4)nc32)[C@H](O)[C@@H]1O. The number of ether oxygens (including phenoxy) is 1. The first-order chi connectivity index (χ1) is 15.4. The Morgan fingerprint density at radius 1 is 1.25 bits per heavy atom. The van der Waals surface area contributed by atoms with E-state index in [1.54, 1.807) is 31.2 Å². The molecule has 0 aliphatic carbocycles. The number of rotatable bonds is 4. The molecule has 164 valence electrons. The monoisotopic (exact) mass is 436 g/mol. The number of fused-ring (bicyclic) bond motifs is 1. The standard InChI is InChI=1S/C21H20N6O5/c1-2-23-20(31)17-15(29)16(30)21(32-17)27-10-24-14-18(22)25-13(26-19(14)27)8-7-11-3-5-12(9-28)6-4-11/h3-6,9-10,15-17,21,29-30H,2H2,1H3,(H,23,31)(H2,22,25,26)/t15-,16+,17-,21?/m0/s1. The Hall–Kier alpha value is -3.85. The maximum Gasteiger partial charge on any atom is 0.252 e. The summed E-state index contributed by atoms with van der Waals surface area (Å²) in [5.41, 5.74) is 7.67. The van der Waals surface area contributed by atoms with Gasteiger partial charge in [0.15, 0.2) is 23.8 Å². The first-order valence-electron chi connectivity index (χ1n) is 9.79. The zero-order chi connectivity index (χ0) is 22.8. The van der Waals surface area contributed by atoms with E-state index in [4.69, 9.17) is 10.5 Å². The lowest BCUT2D eigenvalue weighted by molar-refractivity contribution is -0.137. The van der Waals surface area contributed by atoms with Crippen molar-refractivity contribution in [3.05, 3.63) is 47.5 Å². The van der Waals surface area contributed by atoms with Crippen molar-refractivity contribution in [3.8, 4) is 11.8 Å². The molecular weight excluding hydrogens is 416 g/mol. The van der Waals surface area contributed by atoms with Gasteiger partial charge in [-0.1, -0.05) is 18.1 Å². The molecular formula is C21H20N6O5. The second kappa shape index (κ2) is 8.72. The van der Waals surface area contributed by atoms with Gasteiger partial charge in [-0.3, -0.25) is 14.2 Å². The summed E-state index contributed by atoms with van der Waals surface area (Å²) in [6.45, 7) is 2.08. The lowest BCUT2D eigenvalue weighted by Crippen LogP contribution is -2.42. The molecule has 3 heterocycles. The minimum atomic E-state index is -1.43. The third-order valence-electron chi connectivity index (χ3n) is 4.94. The minimum Gasteiger partial charge on any atom is -0.387 e. The van der Waals surface area contributed by atoms with Gasteiger partial charge in [-0.2, -0.15) is 0 Å². The number of carbonyl (C=O) groups excluding carboxylic acids is 2. The molecule has 1 amide bonds. The normalized spacial score (nSPS) is 22.3. The van der Waals surface area contributed by atoms with Crippen LogP contribution in [-0.2, 0) is 9.53 Å². The average molecular weight is 436 g/mol. The maximum absolute atomic E-state index is 12.1. The number of amides is 1. The number of likely N-dealkylation sites (N-methyl/N-ethyl adjacent to an activating group) is 1. The number of anilines is 1. The van der Waals surface area contributed by atoms with Crippen LogP contribution in [0.5, 0.6) is 0 Å². The fourth-order valence-corrected chi connectivity index (χ4v) is 3.33. The van der Waals surface area contributed by atoms with Gasteiger partial charge >= 0.3 is 0 Å². The third-order valence-corrected chi connectivity index (χ3v) is 4.94. The van der Waals surface area contributed by atoms with Crippen molar-refractivity contribution in [2.24, 2.45) is 0 Å². The number of aliphatic hydroxyl groups excluding tert-OH is 2. The van der Waals surface area contributed by atoms with Crippen molar-refractivity contribution >= 4 is 29.2 Å². The van der Waals surface area contributed by atoms with E-state index in [1.165, 1.54) is 10.9 Å². The van der Waals surface area contributed by atoms with E-state index in [0.29, 0.717) is 17.7 Å². The molecule has 5 N–H and O–H groups in total. The summed E-state index contributed by atoms with van der Waals surface area (Å²) in [6, 6.07) is 6.66. The molecule has 0 spiro atoms. The summed E-state index contributed by atoms with van der Waals surface area (Å²) in [4.78, 5) is 35.6. The van der Waals surface area contributed by atoms with E-state index in [9.17, 15) is 19.8 Å². The lowest BCUT2D eigenvalue weighted by atomic mass is 10.1. The van der Waals surface area contributed by atoms with E-state index in [0.717, 1.165) is 6.29 Å². The zero-order valence-corrected chi connectivity index (χ0v) is 17.0. The predicted octanol–water partition coefficient (Wildman–Crippen LogP) is -0.624. The highest BCUT2D eigenvalue weighted by Gasteiger charge is 2.47. The Kier molecular flexibility index (Phi) is 5.83. The molecule has 3 aromatic rings. The van der Waals surface area contributed by atoms with Crippen LogP contribution < -0.4 is 11.1 Å². The third kappa shape index (κ3) is 3.90. The molecule has 11 nitrogen and oxygen atoms in total. The summed E-state index contributed by atoms with van der Waals surface area (Å²) < 4.78 is 7.01. The number of nitrogens with two attached hydrogens (primary N) is 1. The van der Waals surface area contributed by atoms with Crippen molar-refractivity contribution in [1.29, 1.82) is 0 Å². The van der Waals surface area contributed by atoms with Crippen LogP contribution in [0.1, 0.15) is 34.9 Å². The number of benzene rings is 1. The van der Waals surface area contributed by atoms with Crippen LogP contribution >= 0.6 is 0 Å². The molecule has 4 atom stereocenters. The summed E-state index contributed by atoms with van der Waals surface area (Å²) in [7, 11) is 0. The topological polar surface area (TPSA) is 165 Å². The van der Waals surface area contributed by atoms with Crippen molar-refractivity contribution in [3.63, 3.8) is 0 Å². The van der Waals surface area contributed by atoms with Crippen LogP contribution in [0.3, 0.4) is 0 Å². The van der Waals surface area contributed by atoms with Gasteiger partial charge in [0.05, 0.1) is 6.33 Å². The van der Waals surface area contributed by atoms with Gasteiger partial charge in [-0.05, 0) is 25.0 Å². The Bertz CT molecular complexity index is 1230. The summed E-state index contributed by atoms with van der Waals surface area (Å²) in [5.74, 6) is 5.33. The summed E-state index contributed by atoms with van der Waals surface area (Å²) in [6.07, 6.45) is -3.12. The Morgan fingerprint density at radius 3 is 2.69 bits per heavy atom. The number of nitrogens with one attached hydrogen (secondary N) is 1. The van der Waals surface area contributed by atoms with Gasteiger partial charge < -0.3 is 26.0 Å². The zero-order valence-electron chi connectivity index (χ0n) is 17.0. The molecule has 1 saturated heterocycles. The van der Waals surface area contributed by atoms with Crippen molar-refractivity contribution in [2.45, 2.75) is 31.5 Å². The Labute approximate surface area is 182 Å². The Morgan fingerprint density at radius 2 is 2.00 bits per heavy atom. The van der Waals surface area contributed by atoms with Crippen molar-refractivity contribution in [2.75, 3.05) is 12.3 Å². The number of imidazole rings is 1. The van der Waals surface area contributed by atoms with Crippen LogP contribution in [0.15, 0.2) is 30.6 Å². The van der Waals surface area contributed by atoms with Crippen LogP contribution in [0.25, 0.3) is 11.2 Å². The van der Waals surface area contributed by atoms with Crippen molar-refractivity contribution < 1.29 is 24.5 Å². The highest BCUT2D eigenvalue weighted by Crippen LogP contribution is 2.32. The second-order valence-corrected chi connectivity index (χ2v) is 7.07. The first kappa shape index (κ1) is 21.4. The fraction of sp³-hybridized carbons (Fsp3) is 0.286. The van der Waals surface area contributed by atoms with E-state index in [1.807, 2.05) is 0 Å². The molecule has 1 aromatic carbocycles. The number of hydrogen-bond acceptors (Lipinski definition) is 9. The summed E-state index contributed by atoms with van der Waals surface area (Å²) >= 11 is 0. The number of carbonyl (C=O) groups is 2. The molecule has 11 heteroatoms. The van der Waals surface area contributed by atoms with E-state index >= 15 is 0 Å². The smallest absolute Gasteiger partial charge is 0.252 e. The lowest BCUT2D eigenvalue weighted by Gasteiger charge is -2.16. The van der Waals surface area contributed by atoms with Gasteiger partial charge in [-0.15, -0.1) is 0 Å². The quantitative estimate of drug-likeness (QED) is 0.308. The fourth-order valence-electron chi connectivity index (χ4n) is 3.33. The molecule has 0 saturated carbocycles.